The fourth-order valence-corrected chi connectivity index (χ4v) is 8.33. The van der Waals surface area contributed by atoms with E-state index in [-0.39, 0.29) is 24.1 Å². The number of esters is 2. The quantitative estimate of drug-likeness (QED) is 0.138. The molecular weight excluding hydrogens is 448 g/mol. The highest BCUT2D eigenvalue weighted by atomic mass is 33.1. The molecule has 0 spiro atoms. The molecule has 180 valence electrons. The molecular formula is C24H42O4S3. The standard InChI is InChI=1S/C24H42O4S3/c1-19(27-23(25)9-5-3-7-21-13-16-29-17-14-21)11-12-20(2)28-24(26)10-6-4-8-22-15-18-30-31-22/h19-22H,3-18H2,1-2H3. The third kappa shape index (κ3) is 13.3. The summed E-state index contributed by atoms with van der Waals surface area (Å²) in [6.45, 7) is 3.87. The molecule has 2 saturated heterocycles. The smallest absolute Gasteiger partial charge is 0.306 e. The Labute approximate surface area is 201 Å². The number of ether oxygens (including phenoxy) is 2. The summed E-state index contributed by atoms with van der Waals surface area (Å²) in [4.78, 5) is 24.1. The summed E-state index contributed by atoms with van der Waals surface area (Å²) in [5.74, 6) is 4.55. The molecule has 2 aliphatic rings. The van der Waals surface area contributed by atoms with E-state index in [1.54, 1.807) is 0 Å². The van der Waals surface area contributed by atoms with Gasteiger partial charge in [0.25, 0.3) is 0 Å². The van der Waals surface area contributed by atoms with Crippen LogP contribution in [0, 0.1) is 5.92 Å². The van der Waals surface area contributed by atoms with Crippen LogP contribution in [0.2, 0.25) is 0 Å². The molecule has 4 nitrogen and oxygen atoms in total. The molecule has 2 fully saturated rings. The number of hydrogen-bond acceptors (Lipinski definition) is 7. The normalized spacial score (nSPS) is 21.5. The van der Waals surface area contributed by atoms with E-state index in [4.69, 9.17) is 9.47 Å². The van der Waals surface area contributed by atoms with Crippen molar-refractivity contribution in [3.05, 3.63) is 0 Å². The Kier molecular flexibility index (Phi) is 14.6. The monoisotopic (exact) mass is 490 g/mol. The van der Waals surface area contributed by atoms with Crippen LogP contribution in [-0.4, -0.2) is 46.7 Å². The number of hydrogen-bond donors (Lipinski definition) is 0. The number of carbonyl (C=O) groups excluding carboxylic acids is 2. The zero-order valence-corrected chi connectivity index (χ0v) is 21.9. The minimum Gasteiger partial charge on any atom is -0.463 e. The average Bonchev–Trinajstić information content (AvgIpc) is 3.27. The summed E-state index contributed by atoms with van der Waals surface area (Å²) in [7, 11) is 3.97. The van der Waals surface area contributed by atoms with E-state index in [0.29, 0.717) is 12.8 Å². The van der Waals surface area contributed by atoms with Crippen LogP contribution in [0.1, 0.15) is 97.3 Å². The van der Waals surface area contributed by atoms with Crippen molar-refractivity contribution in [2.75, 3.05) is 17.3 Å². The second kappa shape index (κ2) is 16.6. The van der Waals surface area contributed by atoms with E-state index in [9.17, 15) is 9.59 Å². The first-order valence-corrected chi connectivity index (χ1v) is 15.8. The molecule has 31 heavy (non-hydrogen) atoms. The fraction of sp³-hybridized carbons (Fsp3) is 0.917. The van der Waals surface area contributed by atoms with Gasteiger partial charge in [0, 0.05) is 23.8 Å². The van der Waals surface area contributed by atoms with Gasteiger partial charge in [-0.1, -0.05) is 40.9 Å². The Balaban J connectivity index is 1.43. The molecule has 2 heterocycles. The first-order valence-electron chi connectivity index (χ1n) is 12.3. The SMILES string of the molecule is CC(CCC(C)OC(=O)CCCCC1CCSS1)OC(=O)CCCCC1CCSCC1. The predicted octanol–water partition coefficient (Wildman–Crippen LogP) is 7.05. The number of carbonyl (C=O) groups is 2. The maximum absolute atomic E-state index is 12.1. The van der Waals surface area contributed by atoms with Crippen LogP contribution in [0.3, 0.4) is 0 Å². The molecule has 7 heteroatoms. The molecule has 0 N–H and O–H groups in total. The molecule has 0 aromatic carbocycles. The van der Waals surface area contributed by atoms with Crippen molar-refractivity contribution >= 4 is 45.3 Å². The average molecular weight is 491 g/mol. The predicted molar refractivity (Wildman–Crippen MR) is 136 cm³/mol. The van der Waals surface area contributed by atoms with Crippen molar-refractivity contribution in [3.63, 3.8) is 0 Å². The molecule has 0 aromatic rings. The molecule has 2 aliphatic heterocycles. The summed E-state index contributed by atoms with van der Waals surface area (Å²) in [5, 5.41) is 0.778. The number of rotatable bonds is 15. The third-order valence-electron chi connectivity index (χ3n) is 6.11. The Hall–Kier alpha value is -0.0100. The topological polar surface area (TPSA) is 52.6 Å². The molecule has 0 saturated carbocycles. The van der Waals surface area contributed by atoms with Gasteiger partial charge in [-0.15, -0.1) is 0 Å². The van der Waals surface area contributed by atoms with Crippen LogP contribution in [0.4, 0.5) is 0 Å². The molecule has 3 unspecified atom stereocenters. The lowest BCUT2D eigenvalue weighted by Crippen LogP contribution is -2.20. The largest absolute Gasteiger partial charge is 0.463 e. The van der Waals surface area contributed by atoms with E-state index >= 15 is 0 Å². The minimum absolute atomic E-state index is 0.0878. The van der Waals surface area contributed by atoms with E-state index in [1.165, 1.54) is 49.4 Å². The first-order chi connectivity index (χ1) is 15.0. The Morgan fingerprint density at radius 2 is 1.39 bits per heavy atom. The van der Waals surface area contributed by atoms with Gasteiger partial charge in [-0.05, 0) is 82.6 Å². The van der Waals surface area contributed by atoms with Crippen LogP contribution in [0.5, 0.6) is 0 Å². The lowest BCUT2D eigenvalue weighted by molar-refractivity contribution is -0.152. The summed E-state index contributed by atoms with van der Waals surface area (Å²) >= 11 is 2.06. The van der Waals surface area contributed by atoms with Crippen molar-refractivity contribution in [2.24, 2.45) is 5.92 Å². The summed E-state index contributed by atoms with van der Waals surface area (Å²) in [6.07, 6.45) is 12.8. The molecule has 0 aromatic heterocycles. The highest BCUT2D eigenvalue weighted by Crippen LogP contribution is 2.39. The first kappa shape index (κ1) is 27.2. The van der Waals surface area contributed by atoms with Crippen molar-refractivity contribution in [1.82, 2.24) is 0 Å². The lowest BCUT2D eigenvalue weighted by Gasteiger charge is -2.21. The molecule has 0 amide bonds. The van der Waals surface area contributed by atoms with Gasteiger partial charge >= 0.3 is 11.9 Å². The summed E-state index contributed by atoms with van der Waals surface area (Å²) < 4.78 is 11.1. The Morgan fingerprint density at radius 1 is 0.806 bits per heavy atom. The minimum atomic E-state index is -0.121. The maximum atomic E-state index is 12.1. The molecule has 3 atom stereocenters. The van der Waals surface area contributed by atoms with Gasteiger partial charge in [0.1, 0.15) is 0 Å². The van der Waals surface area contributed by atoms with Crippen LogP contribution in [-0.2, 0) is 19.1 Å². The van der Waals surface area contributed by atoms with Crippen LogP contribution in [0.15, 0.2) is 0 Å². The van der Waals surface area contributed by atoms with Gasteiger partial charge < -0.3 is 9.47 Å². The second-order valence-electron chi connectivity index (χ2n) is 9.05. The Bertz CT molecular complexity index is 505. The van der Waals surface area contributed by atoms with E-state index in [0.717, 1.165) is 49.7 Å². The highest BCUT2D eigenvalue weighted by molar-refractivity contribution is 8.77. The molecule has 0 aliphatic carbocycles. The lowest BCUT2D eigenvalue weighted by atomic mass is 9.96. The number of thioether (sulfide) groups is 1. The van der Waals surface area contributed by atoms with E-state index < -0.39 is 0 Å². The number of unbranched alkanes of at least 4 members (excludes halogenated alkanes) is 2. The summed E-state index contributed by atoms with van der Waals surface area (Å²) in [6, 6.07) is 0. The third-order valence-corrected chi connectivity index (χ3v) is 10.2. The van der Waals surface area contributed by atoms with Gasteiger partial charge in [0.15, 0.2) is 0 Å². The van der Waals surface area contributed by atoms with Gasteiger partial charge in [0.05, 0.1) is 12.2 Å². The Morgan fingerprint density at radius 3 is 1.94 bits per heavy atom. The van der Waals surface area contributed by atoms with Gasteiger partial charge in [-0.25, -0.2) is 0 Å². The molecule has 0 radical (unpaired) electrons. The second-order valence-corrected chi connectivity index (χ2v) is 13.1. The fourth-order valence-electron chi connectivity index (χ4n) is 4.10. The van der Waals surface area contributed by atoms with Crippen molar-refractivity contribution in [1.29, 1.82) is 0 Å². The van der Waals surface area contributed by atoms with Crippen LogP contribution in [0.25, 0.3) is 0 Å². The summed E-state index contributed by atoms with van der Waals surface area (Å²) in [5.41, 5.74) is 0. The van der Waals surface area contributed by atoms with Crippen LogP contribution < -0.4 is 0 Å². The van der Waals surface area contributed by atoms with Crippen LogP contribution >= 0.6 is 33.3 Å². The van der Waals surface area contributed by atoms with Crippen molar-refractivity contribution in [3.8, 4) is 0 Å². The van der Waals surface area contributed by atoms with Crippen molar-refractivity contribution in [2.45, 2.75) is 115 Å². The zero-order chi connectivity index (χ0) is 22.3. The zero-order valence-electron chi connectivity index (χ0n) is 19.5. The maximum Gasteiger partial charge on any atom is 0.306 e. The van der Waals surface area contributed by atoms with Gasteiger partial charge in [-0.2, -0.15) is 11.8 Å². The van der Waals surface area contributed by atoms with E-state index in [1.807, 2.05) is 35.4 Å². The van der Waals surface area contributed by atoms with Gasteiger partial charge in [-0.3, -0.25) is 9.59 Å². The van der Waals surface area contributed by atoms with Crippen molar-refractivity contribution < 1.29 is 19.1 Å². The molecule has 0 bridgehead atoms. The highest BCUT2D eigenvalue weighted by Gasteiger charge is 2.17. The molecule has 2 rings (SSSR count). The van der Waals surface area contributed by atoms with E-state index in [2.05, 4.69) is 11.8 Å². The van der Waals surface area contributed by atoms with Gasteiger partial charge in [0.2, 0.25) is 0 Å².